The van der Waals surface area contributed by atoms with Gasteiger partial charge in [0, 0.05) is 24.3 Å². The molecular formula is C18H26N2O. The van der Waals surface area contributed by atoms with Crippen LogP contribution < -0.4 is 10.6 Å². The van der Waals surface area contributed by atoms with Crippen LogP contribution in [0.15, 0.2) is 18.2 Å². The molecule has 0 atom stereocenters. The Morgan fingerprint density at radius 3 is 2.76 bits per heavy atom. The fourth-order valence-corrected chi connectivity index (χ4v) is 3.66. The first-order valence-electron chi connectivity index (χ1n) is 8.48. The van der Waals surface area contributed by atoms with Crippen molar-refractivity contribution in [2.45, 2.75) is 57.8 Å². The Hall–Kier alpha value is -1.51. The number of carbonyl (C=O) groups is 1. The third-order valence-electron chi connectivity index (χ3n) is 4.82. The quantitative estimate of drug-likeness (QED) is 0.811. The lowest BCUT2D eigenvalue weighted by atomic mass is 9.96. The molecule has 0 radical (unpaired) electrons. The highest BCUT2D eigenvalue weighted by Gasteiger charge is 2.18. The first-order chi connectivity index (χ1) is 10.3. The molecule has 1 fully saturated rings. The second-order valence-electron chi connectivity index (χ2n) is 6.47. The average Bonchev–Trinajstić information content (AvgIpc) is 2.76. The monoisotopic (exact) mass is 286 g/mol. The van der Waals surface area contributed by atoms with Crippen LogP contribution in [0.4, 0.5) is 11.4 Å². The molecule has 21 heavy (non-hydrogen) atoms. The maximum atomic E-state index is 12.3. The Morgan fingerprint density at radius 2 is 1.95 bits per heavy atom. The lowest BCUT2D eigenvalue weighted by Crippen LogP contribution is -2.19. The summed E-state index contributed by atoms with van der Waals surface area (Å²) in [5.74, 6) is 0.783. The van der Waals surface area contributed by atoms with E-state index in [1.54, 1.807) is 0 Å². The Balaban J connectivity index is 1.62. The summed E-state index contributed by atoms with van der Waals surface area (Å²) in [6.07, 6.45) is 10.6. The van der Waals surface area contributed by atoms with Gasteiger partial charge in [0.2, 0.25) is 5.91 Å². The van der Waals surface area contributed by atoms with Crippen molar-refractivity contribution in [3.05, 3.63) is 23.8 Å². The van der Waals surface area contributed by atoms with E-state index in [-0.39, 0.29) is 5.91 Å². The minimum absolute atomic E-state index is 0.195. The van der Waals surface area contributed by atoms with Crippen molar-refractivity contribution < 1.29 is 4.79 Å². The Labute approximate surface area is 127 Å². The molecular weight excluding hydrogens is 260 g/mol. The van der Waals surface area contributed by atoms with Gasteiger partial charge in [-0.1, -0.05) is 31.7 Å². The molecule has 1 saturated carbocycles. The number of hydrogen-bond donors (Lipinski definition) is 2. The number of benzene rings is 1. The second kappa shape index (κ2) is 6.97. The Kier molecular flexibility index (Phi) is 4.79. The van der Waals surface area contributed by atoms with Crippen LogP contribution in [0.3, 0.4) is 0 Å². The van der Waals surface area contributed by atoms with Gasteiger partial charge in [0.15, 0.2) is 0 Å². The van der Waals surface area contributed by atoms with Gasteiger partial charge in [0.25, 0.3) is 0 Å². The van der Waals surface area contributed by atoms with Gasteiger partial charge in [-0.3, -0.25) is 4.79 Å². The number of amides is 1. The van der Waals surface area contributed by atoms with E-state index in [4.69, 9.17) is 0 Å². The van der Waals surface area contributed by atoms with Crippen molar-refractivity contribution in [2.24, 2.45) is 5.92 Å². The summed E-state index contributed by atoms with van der Waals surface area (Å²) in [6.45, 7) is 1.03. The lowest BCUT2D eigenvalue weighted by molar-refractivity contribution is -0.117. The normalized spacial score (nSPS) is 19.2. The van der Waals surface area contributed by atoms with Crippen LogP contribution in [0.25, 0.3) is 0 Å². The molecule has 0 aromatic heterocycles. The van der Waals surface area contributed by atoms with Crippen molar-refractivity contribution in [1.82, 2.24) is 0 Å². The molecule has 0 spiro atoms. The van der Waals surface area contributed by atoms with Crippen LogP contribution in [0.5, 0.6) is 0 Å². The van der Waals surface area contributed by atoms with Crippen molar-refractivity contribution in [1.29, 1.82) is 0 Å². The molecule has 0 saturated heterocycles. The summed E-state index contributed by atoms with van der Waals surface area (Å²) in [4.78, 5) is 12.3. The third-order valence-corrected chi connectivity index (χ3v) is 4.82. The zero-order valence-corrected chi connectivity index (χ0v) is 12.8. The van der Waals surface area contributed by atoms with E-state index in [1.807, 2.05) is 12.1 Å². The number of anilines is 2. The van der Waals surface area contributed by atoms with Crippen LogP contribution in [-0.4, -0.2) is 12.5 Å². The molecule has 0 unspecified atom stereocenters. The molecule has 0 bridgehead atoms. The molecule has 1 heterocycles. The standard InChI is InChI=1S/C18H26N2O/c21-18(13-14-7-3-1-2-4-8-14)20-17-11-5-10-16-15(17)9-6-12-19-16/h5,10-11,14,19H,1-4,6-9,12-13H2,(H,20,21). The molecule has 1 aliphatic carbocycles. The van der Waals surface area contributed by atoms with E-state index >= 15 is 0 Å². The predicted molar refractivity (Wildman–Crippen MR) is 87.7 cm³/mol. The van der Waals surface area contributed by atoms with Gasteiger partial charge in [-0.2, -0.15) is 0 Å². The van der Waals surface area contributed by atoms with Gasteiger partial charge in [-0.05, 0) is 49.3 Å². The predicted octanol–water partition coefficient (Wildman–Crippen LogP) is 4.34. The first-order valence-corrected chi connectivity index (χ1v) is 8.48. The largest absolute Gasteiger partial charge is 0.385 e. The van der Waals surface area contributed by atoms with Gasteiger partial charge in [0.1, 0.15) is 0 Å². The minimum Gasteiger partial charge on any atom is -0.385 e. The number of hydrogen-bond acceptors (Lipinski definition) is 2. The van der Waals surface area contributed by atoms with E-state index in [2.05, 4.69) is 16.7 Å². The van der Waals surface area contributed by atoms with Crippen LogP contribution >= 0.6 is 0 Å². The molecule has 3 rings (SSSR count). The summed E-state index contributed by atoms with van der Waals surface area (Å²) in [5, 5.41) is 6.57. The topological polar surface area (TPSA) is 41.1 Å². The number of nitrogens with one attached hydrogen (secondary N) is 2. The van der Waals surface area contributed by atoms with Crippen LogP contribution in [0.2, 0.25) is 0 Å². The minimum atomic E-state index is 0.195. The number of rotatable bonds is 3. The van der Waals surface area contributed by atoms with Crippen LogP contribution in [0.1, 0.15) is 56.9 Å². The molecule has 1 amide bonds. The Bertz CT molecular complexity index is 490. The molecule has 114 valence electrons. The molecule has 1 aliphatic heterocycles. The van der Waals surface area contributed by atoms with Crippen molar-refractivity contribution in [2.75, 3.05) is 17.2 Å². The van der Waals surface area contributed by atoms with Crippen LogP contribution in [0, 0.1) is 5.92 Å². The number of fused-ring (bicyclic) bond motifs is 1. The molecule has 2 N–H and O–H groups in total. The van der Waals surface area contributed by atoms with E-state index < -0.39 is 0 Å². The van der Waals surface area contributed by atoms with E-state index in [1.165, 1.54) is 49.8 Å². The molecule has 3 nitrogen and oxygen atoms in total. The van der Waals surface area contributed by atoms with Crippen LogP contribution in [-0.2, 0) is 11.2 Å². The van der Waals surface area contributed by atoms with Gasteiger partial charge >= 0.3 is 0 Å². The fraction of sp³-hybridized carbons (Fsp3) is 0.611. The smallest absolute Gasteiger partial charge is 0.224 e. The van der Waals surface area contributed by atoms with Gasteiger partial charge in [0.05, 0.1) is 0 Å². The van der Waals surface area contributed by atoms with E-state index in [0.29, 0.717) is 12.3 Å². The summed E-state index contributed by atoms with van der Waals surface area (Å²) >= 11 is 0. The summed E-state index contributed by atoms with van der Waals surface area (Å²) < 4.78 is 0. The van der Waals surface area contributed by atoms with E-state index in [9.17, 15) is 4.79 Å². The molecule has 2 aliphatic rings. The van der Waals surface area contributed by atoms with Gasteiger partial charge in [-0.15, -0.1) is 0 Å². The van der Waals surface area contributed by atoms with Crippen molar-refractivity contribution in [3.63, 3.8) is 0 Å². The highest BCUT2D eigenvalue weighted by atomic mass is 16.1. The highest BCUT2D eigenvalue weighted by Crippen LogP contribution is 2.30. The highest BCUT2D eigenvalue weighted by molar-refractivity contribution is 5.92. The lowest BCUT2D eigenvalue weighted by Gasteiger charge is -2.21. The SMILES string of the molecule is O=C(CC1CCCCCC1)Nc1cccc2c1CCCN2. The molecule has 1 aromatic rings. The second-order valence-corrected chi connectivity index (χ2v) is 6.47. The summed E-state index contributed by atoms with van der Waals surface area (Å²) in [6, 6.07) is 6.17. The maximum absolute atomic E-state index is 12.3. The zero-order valence-electron chi connectivity index (χ0n) is 12.8. The van der Waals surface area contributed by atoms with E-state index in [0.717, 1.165) is 25.1 Å². The summed E-state index contributed by atoms with van der Waals surface area (Å²) in [5.41, 5.74) is 3.48. The zero-order chi connectivity index (χ0) is 14.5. The van der Waals surface area contributed by atoms with Crippen molar-refractivity contribution in [3.8, 4) is 0 Å². The maximum Gasteiger partial charge on any atom is 0.224 e. The molecule has 1 aromatic carbocycles. The van der Waals surface area contributed by atoms with Crippen molar-refractivity contribution >= 4 is 17.3 Å². The first kappa shape index (κ1) is 14.4. The van der Waals surface area contributed by atoms with Gasteiger partial charge < -0.3 is 10.6 Å². The summed E-state index contributed by atoms with van der Waals surface area (Å²) in [7, 11) is 0. The average molecular weight is 286 g/mol. The number of carbonyl (C=O) groups excluding carboxylic acids is 1. The Morgan fingerprint density at radius 1 is 1.14 bits per heavy atom. The fourth-order valence-electron chi connectivity index (χ4n) is 3.66. The van der Waals surface area contributed by atoms with Gasteiger partial charge in [-0.25, -0.2) is 0 Å². The molecule has 3 heteroatoms. The third kappa shape index (κ3) is 3.78.